The van der Waals surface area contributed by atoms with Gasteiger partial charge in [-0.25, -0.2) is 16.8 Å². The summed E-state index contributed by atoms with van der Waals surface area (Å²) >= 11 is 0. The molecule has 0 aromatic heterocycles. The zero-order chi connectivity index (χ0) is 28.8. The van der Waals surface area contributed by atoms with Crippen molar-refractivity contribution >= 4 is 20.0 Å². The maximum atomic E-state index is 13.3. The molecule has 40 heavy (non-hydrogen) atoms. The fraction of sp³-hybridized carbons (Fsp3) is 0.500. The first-order chi connectivity index (χ1) is 19.2. The minimum atomic E-state index is -3.54. The molecule has 0 radical (unpaired) electrons. The molecule has 6 nitrogen and oxygen atoms in total. The second-order valence-corrected chi connectivity index (χ2v) is 14.6. The summed E-state index contributed by atoms with van der Waals surface area (Å²) in [6.45, 7) is 5.68. The van der Waals surface area contributed by atoms with Crippen molar-refractivity contribution in [1.82, 2.24) is 8.61 Å². The summed E-state index contributed by atoms with van der Waals surface area (Å²) in [6, 6.07) is 14.2. The van der Waals surface area contributed by atoms with E-state index in [2.05, 4.69) is 12.2 Å². The summed E-state index contributed by atoms with van der Waals surface area (Å²) in [5.74, 6) is 0. The lowest BCUT2D eigenvalue weighted by Crippen LogP contribution is -2.32. The topological polar surface area (TPSA) is 74.8 Å². The molecule has 1 aliphatic heterocycles. The smallest absolute Gasteiger partial charge is 0.207 e. The summed E-state index contributed by atoms with van der Waals surface area (Å²) in [5.41, 5.74) is 2.08. The van der Waals surface area contributed by atoms with Crippen molar-refractivity contribution in [3.63, 3.8) is 0 Å². The number of sulfonamides is 2. The van der Waals surface area contributed by atoms with Gasteiger partial charge in [0.05, 0.1) is 9.79 Å². The van der Waals surface area contributed by atoms with Gasteiger partial charge in [-0.05, 0) is 76.6 Å². The Morgan fingerprint density at radius 1 is 0.475 bits per heavy atom. The van der Waals surface area contributed by atoms with Crippen molar-refractivity contribution in [2.75, 3.05) is 26.2 Å². The maximum Gasteiger partial charge on any atom is 0.243 e. The van der Waals surface area contributed by atoms with Crippen molar-refractivity contribution in [1.29, 1.82) is 0 Å². The Kier molecular flexibility index (Phi) is 13.1. The zero-order valence-corrected chi connectivity index (χ0v) is 25.8. The highest BCUT2D eigenvalue weighted by atomic mass is 32.2. The Morgan fingerprint density at radius 3 is 1.20 bits per heavy atom. The highest BCUT2D eigenvalue weighted by Gasteiger charge is 2.24. The standard InChI is InChI=1S/C32H46N2O4S2/c1-29-17-21-31(22-18-29)39(35,36)33-25-13-9-5-3-7-11-15-27-34(28-16-12-8-4-6-10-14-26-33)40(37,38)32-23-19-30(2)20-24-32/h9,12-13,16-24H,3-8,10-11,14-15,25-28H2,1-2H3/b13-9+,16-12+. The van der Waals surface area contributed by atoms with Crippen molar-refractivity contribution < 1.29 is 16.8 Å². The molecule has 0 N–H and O–H groups in total. The predicted octanol–water partition coefficient (Wildman–Crippen LogP) is 7.01. The predicted molar refractivity (Wildman–Crippen MR) is 164 cm³/mol. The molecule has 220 valence electrons. The second kappa shape index (κ2) is 16.2. The van der Waals surface area contributed by atoms with Gasteiger partial charge < -0.3 is 0 Å². The first-order valence-corrected chi connectivity index (χ1v) is 17.5. The van der Waals surface area contributed by atoms with E-state index in [1.54, 1.807) is 32.9 Å². The van der Waals surface area contributed by atoms with Crippen LogP contribution in [0, 0.1) is 13.8 Å². The molecule has 0 saturated carbocycles. The molecular formula is C32H46N2O4S2. The van der Waals surface area contributed by atoms with Gasteiger partial charge in [0.2, 0.25) is 20.0 Å². The van der Waals surface area contributed by atoms with Crippen LogP contribution in [0.5, 0.6) is 0 Å². The average molecular weight is 587 g/mol. The lowest BCUT2D eigenvalue weighted by molar-refractivity contribution is 0.423. The van der Waals surface area contributed by atoms with E-state index in [-0.39, 0.29) is 0 Å². The SMILES string of the molecule is Cc1ccc(S(=O)(=O)N2C/C=C/CCCCCCN(S(=O)(=O)c3ccc(C)cc3)C/C=C/CCCCCC2)cc1. The molecule has 0 fully saturated rings. The zero-order valence-electron chi connectivity index (χ0n) is 24.2. The van der Waals surface area contributed by atoms with Crippen LogP contribution in [0.1, 0.15) is 75.3 Å². The second-order valence-electron chi connectivity index (χ2n) is 10.7. The molecule has 3 rings (SSSR count). The Hall–Kier alpha value is -2.26. The fourth-order valence-electron chi connectivity index (χ4n) is 4.77. The maximum absolute atomic E-state index is 13.3. The van der Waals surface area contributed by atoms with Crippen LogP contribution in [0.15, 0.2) is 82.6 Å². The van der Waals surface area contributed by atoms with E-state index < -0.39 is 20.0 Å². The molecule has 0 spiro atoms. The van der Waals surface area contributed by atoms with Crippen molar-refractivity contribution in [2.24, 2.45) is 0 Å². The van der Waals surface area contributed by atoms with Crippen LogP contribution in [0.25, 0.3) is 0 Å². The number of benzene rings is 2. The number of rotatable bonds is 4. The minimum Gasteiger partial charge on any atom is -0.207 e. The lowest BCUT2D eigenvalue weighted by atomic mass is 10.1. The molecule has 0 bridgehead atoms. The minimum absolute atomic E-state index is 0.351. The number of hydrogen-bond acceptors (Lipinski definition) is 4. The van der Waals surface area contributed by atoms with E-state index in [9.17, 15) is 16.8 Å². The molecule has 1 aliphatic rings. The molecule has 2 aromatic carbocycles. The average Bonchev–Trinajstić information content (AvgIpc) is 2.92. The molecule has 1 heterocycles. The van der Waals surface area contributed by atoms with Gasteiger partial charge in [0, 0.05) is 26.2 Å². The monoisotopic (exact) mass is 586 g/mol. The number of allylic oxidation sites excluding steroid dienone is 2. The molecule has 0 amide bonds. The van der Waals surface area contributed by atoms with Crippen molar-refractivity contribution in [3.8, 4) is 0 Å². The van der Waals surface area contributed by atoms with Crippen LogP contribution in [0.2, 0.25) is 0 Å². The van der Waals surface area contributed by atoms with Gasteiger partial charge in [0.15, 0.2) is 0 Å². The van der Waals surface area contributed by atoms with Crippen LogP contribution in [-0.2, 0) is 20.0 Å². The summed E-state index contributed by atoms with van der Waals surface area (Å²) in [4.78, 5) is 0.703. The van der Waals surface area contributed by atoms with Crippen LogP contribution >= 0.6 is 0 Å². The van der Waals surface area contributed by atoms with Crippen LogP contribution in [0.4, 0.5) is 0 Å². The van der Waals surface area contributed by atoms with Gasteiger partial charge in [0.25, 0.3) is 0 Å². The van der Waals surface area contributed by atoms with E-state index in [1.807, 2.05) is 50.3 Å². The van der Waals surface area contributed by atoms with E-state index >= 15 is 0 Å². The Labute approximate surface area is 242 Å². The first-order valence-electron chi connectivity index (χ1n) is 14.6. The molecular weight excluding hydrogens is 540 g/mol. The number of nitrogens with zero attached hydrogens (tertiary/aromatic N) is 2. The normalized spacial score (nSPS) is 20.4. The van der Waals surface area contributed by atoms with Gasteiger partial charge >= 0.3 is 0 Å². The quantitative estimate of drug-likeness (QED) is 0.361. The van der Waals surface area contributed by atoms with Gasteiger partial charge in [-0.2, -0.15) is 8.61 Å². The van der Waals surface area contributed by atoms with E-state index in [4.69, 9.17) is 0 Å². The third-order valence-corrected chi connectivity index (χ3v) is 11.1. The van der Waals surface area contributed by atoms with E-state index in [0.717, 1.165) is 75.3 Å². The highest BCUT2D eigenvalue weighted by molar-refractivity contribution is 7.89. The Morgan fingerprint density at radius 2 is 0.825 bits per heavy atom. The molecule has 2 aromatic rings. The van der Waals surface area contributed by atoms with E-state index in [0.29, 0.717) is 36.0 Å². The Balaban J connectivity index is 1.62. The summed E-state index contributed by atoms with van der Waals surface area (Å²) in [6.07, 6.45) is 17.4. The van der Waals surface area contributed by atoms with Crippen molar-refractivity contribution in [2.45, 2.75) is 87.8 Å². The molecule has 0 saturated heterocycles. The number of aryl methyl sites for hydroxylation is 2. The van der Waals surface area contributed by atoms with Gasteiger partial charge in [-0.3, -0.25) is 0 Å². The largest absolute Gasteiger partial charge is 0.243 e. The number of hydrogen-bond donors (Lipinski definition) is 0. The molecule has 0 atom stereocenters. The fourth-order valence-corrected chi connectivity index (χ4v) is 7.63. The third kappa shape index (κ3) is 9.98. The Bertz CT molecular complexity index is 1200. The molecule has 0 aliphatic carbocycles. The van der Waals surface area contributed by atoms with Crippen LogP contribution < -0.4 is 0 Å². The lowest BCUT2D eigenvalue weighted by Gasteiger charge is -2.21. The third-order valence-electron chi connectivity index (χ3n) is 7.33. The van der Waals surface area contributed by atoms with Gasteiger partial charge in [0.1, 0.15) is 0 Å². The summed E-state index contributed by atoms with van der Waals surface area (Å²) in [5, 5.41) is 0. The van der Waals surface area contributed by atoms with Gasteiger partial charge in [-0.15, -0.1) is 0 Å². The van der Waals surface area contributed by atoms with E-state index in [1.165, 1.54) is 0 Å². The van der Waals surface area contributed by atoms with Crippen LogP contribution in [0.3, 0.4) is 0 Å². The highest BCUT2D eigenvalue weighted by Crippen LogP contribution is 2.20. The summed E-state index contributed by atoms with van der Waals surface area (Å²) < 4.78 is 56.5. The summed E-state index contributed by atoms with van der Waals surface area (Å²) in [7, 11) is -7.08. The molecule has 8 heteroatoms. The first kappa shape index (κ1) is 32.3. The van der Waals surface area contributed by atoms with Gasteiger partial charge in [-0.1, -0.05) is 85.4 Å². The molecule has 0 unspecified atom stereocenters. The van der Waals surface area contributed by atoms with Crippen molar-refractivity contribution in [3.05, 3.63) is 84.0 Å². The van der Waals surface area contributed by atoms with Crippen LogP contribution in [-0.4, -0.2) is 51.6 Å².